The second kappa shape index (κ2) is 1.99. The molecule has 0 spiro atoms. The normalized spacial score (nSPS) is 18.6. The molecule has 0 radical (unpaired) electrons. The fourth-order valence-corrected chi connectivity index (χ4v) is 0.752. The fourth-order valence-electron chi connectivity index (χ4n) is 0.752. The molecule has 0 saturated carbocycles. The van der Waals surface area contributed by atoms with Crippen molar-refractivity contribution in [2.75, 3.05) is 13.2 Å². The molecule has 0 unspecified atom stereocenters. The first-order valence-corrected chi connectivity index (χ1v) is 2.70. The Morgan fingerprint density at radius 3 is 2.88 bits per heavy atom. The molecule has 2 nitrogen and oxygen atoms in total. The number of ether oxygens (including phenoxy) is 1. The predicted octanol–water partition coefficient (Wildman–Crippen LogP) is 0.591. The van der Waals surface area contributed by atoms with Crippen LogP contribution in [0.25, 0.3) is 0 Å². The summed E-state index contributed by atoms with van der Waals surface area (Å²) in [5.74, 6) is 0.958. The second-order valence-electron chi connectivity index (χ2n) is 1.74. The molecule has 8 heavy (non-hydrogen) atoms. The zero-order valence-electron chi connectivity index (χ0n) is 5.05. The van der Waals surface area contributed by atoms with Crippen LogP contribution in [0.15, 0.2) is 12.8 Å². The van der Waals surface area contributed by atoms with Crippen LogP contribution < -0.4 is 0 Å². The van der Waals surface area contributed by atoms with Crippen molar-refractivity contribution in [1.82, 2.24) is 0 Å². The van der Waals surface area contributed by atoms with Gasteiger partial charge >= 0.3 is 5.90 Å². The summed E-state index contributed by atoms with van der Waals surface area (Å²) in [5.41, 5.74) is 0. The molecule has 0 aromatic heterocycles. The Hall–Kier alpha value is -0.790. The smallest absolute Gasteiger partial charge is 0.338 e. The standard InChI is InChI=1S/C6H10NO/c1-3-7-4-5-8-6(7)2/h3H,1,4-5H2,2H3/q+1. The van der Waals surface area contributed by atoms with Crippen molar-refractivity contribution in [2.45, 2.75) is 6.92 Å². The van der Waals surface area contributed by atoms with E-state index in [1.165, 1.54) is 0 Å². The lowest BCUT2D eigenvalue weighted by atomic mass is 10.6. The summed E-state index contributed by atoms with van der Waals surface area (Å²) < 4.78 is 7.11. The molecule has 0 N–H and O–H groups in total. The quantitative estimate of drug-likeness (QED) is 0.452. The van der Waals surface area contributed by atoms with Gasteiger partial charge in [-0.15, -0.1) is 0 Å². The van der Waals surface area contributed by atoms with E-state index >= 15 is 0 Å². The monoisotopic (exact) mass is 112 g/mol. The lowest BCUT2D eigenvalue weighted by Crippen LogP contribution is -2.04. The largest absolute Gasteiger partial charge is 0.441 e. The zero-order valence-corrected chi connectivity index (χ0v) is 5.05. The SMILES string of the molecule is C=C[N+]1=C(C)OCC1. The van der Waals surface area contributed by atoms with Gasteiger partial charge in [0.25, 0.3) is 0 Å². The van der Waals surface area contributed by atoms with E-state index in [2.05, 4.69) is 6.58 Å². The van der Waals surface area contributed by atoms with Crippen molar-refractivity contribution in [3.63, 3.8) is 0 Å². The Balaban J connectivity index is 2.72. The van der Waals surface area contributed by atoms with Crippen molar-refractivity contribution in [3.05, 3.63) is 12.8 Å². The maximum atomic E-state index is 5.13. The van der Waals surface area contributed by atoms with E-state index in [1.54, 1.807) is 6.20 Å². The minimum Gasteiger partial charge on any atom is -0.441 e. The third kappa shape index (κ3) is 0.735. The van der Waals surface area contributed by atoms with E-state index in [0.717, 1.165) is 19.0 Å². The van der Waals surface area contributed by atoms with E-state index < -0.39 is 0 Å². The van der Waals surface area contributed by atoms with Gasteiger partial charge in [0.15, 0.2) is 19.4 Å². The molecule has 1 rings (SSSR count). The highest BCUT2D eigenvalue weighted by Crippen LogP contribution is 1.92. The van der Waals surface area contributed by atoms with E-state index in [9.17, 15) is 0 Å². The molecule has 2 heteroatoms. The third-order valence-electron chi connectivity index (χ3n) is 1.27. The van der Waals surface area contributed by atoms with Crippen LogP contribution in [0, 0.1) is 0 Å². The highest BCUT2D eigenvalue weighted by atomic mass is 16.5. The number of hydrogen-bond acceptors (Lipinski definition) is 1. The van der Waals surface area contributed by atoms with Crippen LogP contribution in [0.5, 0.6) is 0 Å². The molecule has 1 aliphatic rings. The molecule has 0 aromatic rings. The minimum atomic E-state index is 0.803. The van der Waals surface area contributed by atoms with Crippen LogP contribution in [0.2, 0.25) is 0 Å². The molecular formula is C6H10NO+. The van der Waals surface area contributed by atoms with Gasteiger partial charge in [0.2, 0.25) is 0 Å². The molecule has 0 saturated heterocycles. The molecule has 0 bridgehead atoms. The average Bonchev–Trinajstić information content (AvgIpc) is 2.14. The van der Waals surface area contributed by atoms with Gasteiger partial charge in [0.05, 0.1) is 6.92 Å². The van der Waals surface area contributed by atoms with Gasteiger partial charge in [-0.3, -0.25) is 0 Å². The van der Waals surface area contributed by atoms with E-state index in [-0.39, 0.29) is 0 Å². The number of nitrogens with zero attached hydrogens (tertiary/aromatic N) is 1. The highest BCUT2D eigenvalue weighted by Gasteiger charge is 2.15. The summed E-state index contributed by atoms with van der Waals surface area (Å²) >= 11 is 0. The Morgan fingerprint density at radius 1 is 1.88 bits per heavy atom. The van der Waals surface area contributed by atoms with Crippen LogP contribution in [0.4, 0.5) is 0 Å². The zero-order chi connectivity index (χ0) is 5.98. The minimum absolute atomic E-state index is 0.803. The van der Waals surface area contributed by atoms with Gasteiger partial charge in [-0.2, -0.15) is 4.58 Å². The highest BCUT2D eigenvalue weighted by molar-refractivity contribution is 5.68. The summed E-state index contributed by atoms with van der Waals surface area (Å²) in [4.78, 5) is 0. The first-order valence-electron chi connectivity index (χ1n) is 2.70. The topological polar surface area (TPSA) is 12.2 Å². The summed E-state index contributed by atoms with van der Waals surface area (Å²) in [7, 11) is 0. The van der Waals surface area contributed by atoms with E-state index in [1.807, 2.05) is 11.5 Å². The van der Waals surface area contributed by atoms with Crippen molar-refractivity contribution in [2.24, 2.45) is 0 Å². The van der Waals surface area contributed by atoms with Crippen molar-refractivity contribution in [3.8, 4) is 0 Å². The Kier molecular flexibility index (Phi) is 1.33. The first kappa shape index (κ1) is 5.35. The van der Waals surface area contributed by atoms with Gasteiger partial charge in [0, 0.05) is 0 Å². The molecule has 0 aromatic carbocycles. The first-order chi connectivity index (χ1) is 3.84. The molecule has 0 aliphatic carbocycles. The van der Waals surface area contributed by atoms with Crippen LogP contribution in [-0.4, -0.2) is 23.6 Å². The lowest BCUT2D eigenvalue weighted by molar-refractivity contribution is -0.445. The number of rotatable bonds is 1. The lowest BCUT2D eigenvalue weighted by Gasteiger charge is -1.82. The van der Waals surface area contributed by atoms with Gasteiger partial charge < -0.3 is 4.74 Å². The molecule has 0 amide bonds. The summed E-state index contributed by atoms with van der Waals surface area (Å²) in [5, 5.41) is 0. The summed E-state index contributed by atoms with van der Waals surface area (Å²) in [6.45, 7) is 7.31. The third-order valence-corrected chi connectivity index (χ3v) is 1.27. The van der Waals surface area contributed by atoms with E-state index in [4.69, 9.17) is 4.74 Å². The molecule has 1 heterocycles. The Labute approximate surface area is 49.1 Å². The van der Waals surface area contributed by atoms with E-state index in [0.29, 0.717) is 0 Å². The summed E-state index contributed by atoms with van der Waals surface area (Å²) in [6, 6.07) is 0. The van der Waals surface area contributed by atoms with Crippen LogP contribution >= 0.6 is 0 Å². The summed E-state index contributed by atoms with van der Waals surface area (Å²) in [6.07, 6.45) is 1.78. The Morgan fingerprint density at radius 2 is 2.62 bits per heavy atom. The molecule has 0 atom stereocenters. The van der Waals surface area contributed by atoms with Gasteiger partial charge in [-0.1, -0.05) is 0 Å². The maximum Gasteiger partial charge on any atom is 0.338 e. The van der Waals surface area contributed by atoms with Crippen molar-refractivity contribution in [1.29, 1.82) is 0 Å². The van der Waals surface area contributed by atoms with Crippen LogP contribution in [0.3, 0.4) is 0 Å². The Bertz CT molecular complexity index is 137. The molecule has 1 aliphatic heterocycles. The van der Waals surface area contributed by atoms with Crippen molar-refractivity contribution < 1.29 is 9.31 Å². The molecule has 0 fully saturated rings. The number of hydrogen-bond donors (Lipinski definition) is 0. The molecular weight excluding hydrogens is 102 g/mol. The van der Waals surface area contributed by atoms with Gasteiger partial charge in [-0.05, 0) is 6.58 Å². The van der Waals surface area contributed by atoms with Crippen LogP contribution in [-0.2, 0) is 4.74 Å². The molecule has 44 valence electrons. The van der Waals surface area contributed by atoms with Crippen molar-refractivity contribution >= 4 is 5.90 Å². The van der Waals surface area contributed by atoms with Gasteiger partial charge in [0.1, 0.15) is 0 Å². The maximum absolute atomic E-state index is 5.13. The fraction of sp³-hybridized carbons (Fsp3) is 0.500. The average molecular weight is 112 g/mol. The van der Waals surface area contributed by atoms with Gasteiger partial charge in [-0.25, -0.2) is 0 Å². The second-order valence-corrected chi connectivity index (χ2v) is 1.74. The van der Waals surface area contributed by atoms with Crippen LogP contribution in [0.1, 0.15) is 6.92 Å². The predicted molar refractivity (Wildman–Crippen MR) is 32.0 cm³/mol.